The highest BCUT2D eigenvalue weighted by atomic mass is 79.9. The number of benzene rings is 2. The summed E-state index contributed by atoms with van der Waals surface area (Å²) in [5.41, 5.74) is 6.14. The molecule has 0 heterocycles. The number of alkyl halides is 1. The van der Waals surface area contributed by atoms with E-state index in [1.807, 2.05) is 0 Å². The van der Waals surface area contributed by atoms with Crippen LogP contribution in [0.3, 0.4) is 0 Å². The van der Waals surface area contributed by atoms with Crippen LogP contribution >= 0.6 is 15.9 Å². The summed E-state index contributed by atoms with van der Waals surface area (Å²) < 4.78 is 0. The van der Waals surface area contributed by atoms with Gasteiger partial charge in [0.1, 0.15) is 0 Å². The van der Waals surface area contributed by atoms with Crippen LogP contribution in [0.25, 0.3) is 0 Å². The highest BCUT2D eigenvalue weighted by Gasteiger charge is 2.37. The van der Waals surface area contributed by atoms with Crippen LogP contribution in [0.4, 0.5) is 0 Å². The van der Waals surface area contributed by atoms with E-state index in [1.165, 1.54) is 28.7 Å². The van der Waals surface area contributed by atoms with E-state index < -0.39 is 0 Å². The van der Waals surface area contributed by atoms with E-state index >= 15 is 0 Å². The molecule has 0 radical (unpaired) electrons. The Bertz CT molecular complexity index is 584. The Hall–Kier alpha value is -1.08. The van der Waals surface area contributed by atoms with E-state index in [4.69, 9.17) is 0 Å². The molecule has 1 aliphatic carbocycles. The third-order valence-corrected chi connectivity index (χ3v) is 4.94. The van der Waals surface area contributed by atoms with E-state index in [-0.39, 0.29) is 5.41 Å². The fourth-order valence-corrected chi connectivity index (χ4v) is 3.66. The van der Waals surface area contributed by atoms with Crippen LogP contribution < -0.4 is 0 Å². The number of hydrogen-bond acceptors (Lipinski definition) is 0. The molecule has 0 unspecified atom stereocenters. The van der Waals surface area contributed by atoms with Gasteiger partial charge in [0, 0.05) is 11.2 Å². The molecule has 0 saturated carbocycles. The SMILES string of the molecule is CC1(C)C[C@@H](c2ccccc2)c2cc(CBr)ccc21. The molecule has 3 rings (SSSR count). The van der Waals surface area contributed by atoms with Crippen molar-refractivity contribution >= 4 is 15.9 Å². The lowest BCUT2D eigenvalue weighted by Gasteiger charge is -2.19. The van der Waals surface area contributed by atoms with Crippen LogP contribution in [0.15, 0.2) is 48.5 Å². The van der Waals surface area contributed by atoms with Crippen LogP contribution in [0.5, 0.6) is 0 Å². The van der Waals surface area contributed by atoms with Gasteiger partial charge in [-0.05, 0) is 34.1 Å². The van der Waals surface area contributed by atoms with Gasteiger partial charge in [-0.15, -0.1) is 0 Å². The van der Waals surface area contributed by atoms with E-state index in [0.29, 0.717) is 5.92 Å². The minimum Gasteiger partial charge on any atom is -0.0876 e. The first-order valence-electron chi connectivity index (χ1n) is 6.86. The van der Waals surface area contributed by atoms with Crippen molar-refractivity contribution in [1.82, 2.24) is 0 Å². The second-order valence-corrected chi connectivity index (χ2v) is 6.67. The molecule has 0 N–H and O–H groups in total. The minimum absolute atomic E-state index is 0.278. The van der Waals surface area contributed by atoms with Crippen molar-refractivity contribution in [3.05, 3.63) is 70.8 Å². The highest BCUT2D eigenvalue weighted by molar-refractivity contribution is 9.08. The zero-order valence-electron chi connectivity index (χ0n) is 11.5. The van der Waals surface area contributed by atoms with Crippen LogP contribution in [-0.4, -0.2) is 0 Å². The molecular formula is C18H19Br. The molecule has 0 spiro atoms. The first-order chi connectivity index (χ1) is 9.12. The summed E-state index contributed by atoms with van der Waals surface area (Å²) in [5.74, 6) is 0.546. The average Bonchev–Trinajstić information content (AvgIpc) is 2.71. The van der Waals surface area contributed by atoms with Crippen LogP contribution in [-0.2, 0) is 10.7 Å². The molecular weight excluding hydrogens is 296 g/mol. The Morgan fingerprint density at radius 1 is 1.11 bits per heavy atom. The van der Waals surface area contributed by atoms with Crippen LogP contribution in [0.2, 0.25) is 0 Å². The summed E-state index contributed by atoms with van der Waals surface area (Å²) in [6, 6.07) is 17.9. The van der Waals surface area contributed by atoms with Crippen LogP contribution in [0.1, 0.15) is 48.4 Å². The second kappa shape index (κ2) is 4.79. The van der Waals surface area contributed by atoms with Gasteiger partial charge in [-0.2, -0.15) is 0 Å². The zero-order chi connectivity index (χ0) is 13.5. The van der Waals surface area contributed by atoms with Crippen molar-refractivity contribution in [3.8, 4) is 0 Å². The molecule has 1 atom stereocenters. The first kappa shape index (κ1) is 12.9. The first-order valence-corrected chi connectivity index (χ1v) is 7.98. The van der Waals surface area contributed by atoms with Crippen molar-refractivity contribution in [2.24, 2.45) is 0 Å². The normalized spacial score (nSPS) is 20.3. The maximum atomic E-state index is 3.57. The summed E-state index contributed by atoms with van der Waals surface area (Å²) >= 11 is 3.57. The lowest BCUT2D eigenvalue weighted by molar-refractivity contribution is 0.499. The Kier molecular flexibility index (Phi) is 3.26. The lowest BCUT2D eigenvalue weighted by Crippen LogP contribution is -2.12. The summed E-state index contributed by atoms with van der Waals surface area (Å²) in [7, 11) is 0. The predicted octanol–water partition coefficient (Wildman–Crippen LogP) is 5.39. The molecule has 1 aliphatic rings. The number of rotatable bonds is 2. The van der Waals surface area contributed by atoms with Gasteiger partial charge in [-0.1, -0.05) is 78.3 Å². The van der Waals surface area contributed by atoms with Gasteiger partial charge < -0.3 is 0 Å². The highest BCUT2D eigenvalue weighted by Crippen LogP contribution is 2.48. The Labute approximate surface area is 124 Å². The number of fused-ring (bicyclic) bond motifs is 1. The topological polar surface area (TPSA) is 0 Å². The third kappa shape index (κ3) is 2.25. The third-order valence-electron chi connectivity index (χ3n) is 4.29. The summed E-state index contributed by atoms with van der Waals surface area (Å²) in [4.78, 5) is 0. The Balaban J connectivity index is 2.12. The summed E-state index contributed by atoms with van der Waals surface area (Å²) in [6.07, 6.45) is 1.21. The summed E-state index contributed by atoms with van der Waals surface area (Å²) in [5, 5.41) is 0.933. The van der Waals surface area contributed by atoms with Gasteiger partial charge in [0.25, 0.3) is 0 Å². The maximum Gasteiger partial charge on any atom is 0.0283 e. The molecule has 0 amide bonds. The molecule has 1 heteroatoms. The molecule has 2 aromatic rings. The molecule has 0 saturated heterocycles. The standard InChI is InChI=1S/C18H19Br/c1-18(2)11-16(14-6-4-3-5-7-14)15-10-13(12-19)8-9-17(15)18/h3-10,16H,11-12H2,1-2H3/t16-/m0/s1. The molecule has 0 aromatic heterocycles. The van der Waals surface area contributed by atoms with E-state index in [0.717, 1.165) is 5.33 Å². The van der Waals surface area contributed by atoms with Gasteiger partial charge in [0.15, 0.2) is 0 Å². The molecule has 0 bridgehead atoms. The molecule has 0 nitrogen and oxygen atoms in total. The average molecular weight is 315 g/mol. The fourth-order valence-electron chi connectivity index (χ4n) is 3.31. The maximum absolute atomic E-state index is 3.57. The van der Waals surface area contributed by atoms with Crippen molar-refractivity contribution in [1.29, 1.82) is 0 Å². The minimum atomic E-state index is 0.278. The quantitative estimate of drug-likeness (QED) is 0.651. The number of halogens is 1. The molecule has 98 valence electrons. The number of hydrogen-bond donors (Lipinski definition) is 0. The molecule has 19 heavy (non-hydrogen) atoms. The van der Waals surface area contributed by atoms with Gasteiger partial charge in [-0.3, -0.25) is 0 Å². The zero-order valence-corrected chi connectivity index (χ0v) is 13.1. The Morgan fingerprint density at radius 3 is 2.53 bits per heavy atom. The molecule has 2 aromatic carbocycles. The monoisotopic (exact) mass is 314 g/mol. The van der Waals surface area contributed by atoms with E-state index in [9.17, 15) is 0 Å². The fraction of sp³-hybridized carbons (Fsp3) is 0.333. The predicted molar refractivity (Wildman–Crippen MR) is 85.0 cm³/mol. The van der Waals surface area contributed by atoms with Gasteiger partial charge in [0.05, 0.1) is 0 Å². The van der Waals surface area contributed by atoms with E-state index in [1.54, 1.807) is 0 Å². The van der Waals surface area contributed by atoms with Crippen molar-refractivity contribution in [3.63, 3.8) is 0 Å². The van der Waals surface area contributed by atoms with Gasteiger partial charge in [-0.25, -0.2) is 0 Å². The van der Waals surface area contributed by atoms with Crippen molar-refractivity contribution < 1.29 is 0 Å². The molecule has 0 aliphatic heterocycles. The van der Waals surface area contributed by atoms with Gasteiger partial charge >= 0.3 is 0 Å². The second-order valence-electron chi connectivity index (χ2n) is 6.11. The smallest absolute Gasteiger partial charge is 0.0283 e. The molecule has 0 fully saturated rings. The van der Waals surface area contributed by atoms with Crippen LogP contribution in [0, 0.1) is 0 Å². The largest absolute Gasteiger partial charge is 0.0876 e. The van der Waals surface area contributed by atoms with Gasteiger partial charge in [0.2, 0.25) is 0 Å². The summed E-state index contributed by atoms with van der Waals surface area (Å²) in [6.45, 7) is 4.73. The lowest BCUT2D eigenvalue weighted by atomic mass is 9.85. The van der Waals surface area contributed by atoms with Crippen molar-refractivity contribution in [2.75, 3.05) is 0 Å². The van der Waals surface area contributed by atoms with Crippen molar-refractivity contribution in [2.45, 2.75) is 36.9 Å². The van der Waals surface area contributed by atoms with E-state index in [2.05, 4.69) is 78.3 Å². The Morgan fingerprint density at radius 2 is 1.84 bits per heavy atom.